The van der Waals surface area contributed by atoms with Crippen molar-refractivity contribution < 1.29 is 4.79 Å². The van der Waals surface area contributed by atoms with Gasteiger partial charge in [-0.25, -0.2) is 0 Å². The number of rotatable bonds is 6. The highest BCUT2D eigenvalue weighted by atomic mass is 16.1. The Labute approximate surface area is 126 Å². The molecule has 0 atom stereocenters. The largest absolute Gasteiger partial charge is 0.368 e. The van der Waals surface area contributed by atoms with Crippen molar-refractivity contribution in [2.75, 3.05) is 17.2 Å². The van der Waals surface area contributed by atoms with Crippen LogP contribution in [0.3, 0.4) is 0 Å². The molecule has 1 aromatic heterocycles. The van der Waals surface area contributed by atoms with Crippen LogP contribution in [0.25, 0.3) is 0 Å². The monoisotopic (exact) mass is 288 g/mol. The van der Waals surface area contributed by atoms with E-state index in [1.54, 1.807) is 11.6 Å². The Kier molecular flexibility index (Phi) is 5.72. The van der Waals surface area contributed by atoms with Gasteiger partial charge in [-0.1, -0.05) is 25.5 Å². The molecule has 0 radical (unpaired) electrons. The molecule has 0 saturated carbocycles. The first-order chi connectivity index (χ1) is 10.1. The number of allylic oxidation sites excluding steroid dienone is 1. The fraction of sp³-hybridized carbons (Fsp3) is 0.562. The predicted octanol–water partition coefficient (Wildman–Crippen LogP) is 3.37. The molecule has 114 valence electrons. The van der Waals surface area contributed by atoms with E-state index in [-0.39, 0.29) is 11.8 Å². The summed E-state index contributed by atoms with van der Waals surface area (Å²) in [4.78, 5) is 11.5. The van der Waals surface area contributed by atoms with Crippen LogP contribution in [0.5, 0.6) is 0 Å². The van der Waals surface area contributed by atoms with Crippen LogP contribution >= 0.6 is 0 Å². The van der Waals surface area contributed by atoms with Crippen molar-refractivity contribution in [3.05, 3.63) is 23.8 Å². The standard InChI is InChI=1S/C16H24N4O/c1-12(2)16(21)18-15-9-8-14(19-20-15)17-11-10-13-6-4-3-5-7-13/h6,8-9,12H,3-5,7,10-11H2,1-2H3,(H,17,19)(H,18,20,21). The number of carbonyl (C=O) groups is 1. The number of hydrogen-bond donors (Lipinski definition) is 2. The normalized spacial score (nSPS) is 14.7. The van der Waals surface area contributed by atoms with Crippen LogP contribution in [0.4, 0.5) is 11.6 Å². The van der Waals surface area contributed by atoms with E-state index in [2.05, 4.69) is 26.9 Å². The molecule has 5 heteroatoms. The number of amides is 1. The van der Waals surface area contributed by atoms with Gasteiger partial charge in [-0.05, 0) is 44.2 Å². The molecule has 5 nitrogen and oxygen atoms in total. The third-order valence-electron chi connectivity index (χ3n) is 3.58. The third-order valence-corrected chi connectivity index (χ3v) is 3.58. The maximum absolute atomic E-state index is 11.5. The summed E-state index contributed by atoms with van der Waals surface area (Å²) in [7, 11) is 0. The van der Waals surface area contributed by atoms with E-state index in [9.17, 15) is 4.79 Å². The summed E-state index contributed by atoms with van der Waals surface area (Å²) in [5.41, 5.74) is 1.54. The summed E-state index contributed by atoms with van der Waals surface area (Å²) in [6, 6.07) is 3.62. The quantitative estimate of drug-likeness (QED) is 0.788. The van der Waals surface area contributed by atoms with Gasteiger partial charge in [0, 0.05) is 12.5 Å². The average Bonchev–Trinajstić information content (AvgIpc) is 2.50. The molecule has 1 amide bonds. The lowest BCUT2D eigenvalue weighted by molar-refractivity contribution is -0.118. The predicted molar refractivity (Wildman–Crippen MR) is 85.2 cm³/mol. The minimum Gasteiger partial charge on any atom is -0.368 e. The first kappa shape index (κ1) is 15.5. The van der Waals surface area contributed by atoms with Crippen LogP contribution in [0.15, 0.2) is 23.8 Å². The molecular formula is C16H24N4O. The lowest BCUT2D eigenvalue weighted by atomic mass is 9.97. The second-order valence-corrected chi connectivity index (χ2v) is 5.73. The van der Waals surface area contributed by atoms with Crippen molar-refractivity contribution in [2.45, 2.75) is 46.0 Å². The van der Waals surface area contributed by atoms with Crippen LogP contribution in [0.2, 0.25) is 0 Å². The van der Waals surface area contributed by atoms with Gasteiger partial charge in [0.1, 0.15) is 5.82 Å². The Morgan fingerprint density at radius 1 is 1.24 bits per heavy atom. The molecule has 0 saturated heterocycles. The zero-order valence-corrected chi connectivity index (χ0v) is 12.9. The van der Waals surface area contributed by atoms with Crippen LogP contribution in [-0.2, 0) is 4.79 Å². The van der Waals surface area contributed by atoms with Crippen molar-refractivity contribution in [2.24, 2.45) is 5.92 Å². The molecule has 2 N–H and O–H groups in total. The van der Waals surface area contributed by atoms with E-state index in [1.807, 2.05) is 19.9 Å². The number of nitrogens with one attached hydrogen (secondary N) is 2. The van der Waals surface area contributed by atoms with Crippen LogP contribution < -0.4 is 10.6 Å². The van der Waals surface area contributed by atoms with E-state index in [1.165, 1.54) is 25.7 Å². The molecule has 0 spiro atoms. The van der Waals surface area contributed by atoms with Gasteiger partial charge >= 0.3 is 0 Å². The number of nitrogens with zero attached hydrogens (tertiary/aromatic N) is 2. The fourth-order valence-corrected chi connectivity index (χ4v) is 2.25. The van der Waals surface area contributed by atoms with Crippen molar-refractivity contribution in [3.8, 4) is 0 Å². The van der Waals surface area contributed by atoms with Gasteiger partial charge < -0.3 is 10.6 Å². The minimum atomic E-state index is -0.0617. The van der Waals surface area contributed by atoms with Crippen molar-refractivity contribution in [1.29, 1.82) is 0 Å². The summed E-state index contributed by atoms with van der Waals surface area (Å²) in [5.74, 6) is 1.13. The number of carbonyl (C=O) groups excluding carboxylic acids is 1. The third kappa shape index (κ3) is 5.17. The second kappa shape index (κ2) is 7.76. The van der Waals surface area contributed by atoms with Gasteiger partial charge in [0.2, 0.25) is 5.91 Å². The molecule has 0 fully saturated rings. The Bertz CT molecular complexity index is 494. The first-order valence-electron chi connectivity index (χ1n) is 7.71. The Morgan fingerprint density at radius 2 is 2.00 bits per heavy atom. The van der Waals surface area contributed by atoms with E-state index in [0.717, 1.165) is 18.8 Å². The van der Waals surface area contributed by atoms with Crippen LogP contribution in [-0.4, -0.2) is 22.6 Å². The highest BCUT2D eigenvalue weighted by Crippen LogP contribution is 2.19. The molecule has 0 aliphatic heterocycles. The molecule has 2 rings (SSSR count). The Hall–Kier alpha value is -1.91. The lowest BCUT2D eigenvalue weighted by Crippen LogP contribution is -2.18. The summed E-state index contributed by atoms with van der Waals surface area (Å²) in [6.45, 7) is 4.56. The number of aromatic nitrogens is 2. The Balaban J connectivity index is 1.77. The molecule has 1 aromatic rings. The SMILES string of the molecule is CC(C)C(=O)Nc1ccc(NCCC2=CCCCC2)nn1. The number of anilines is 2. The van der Waals surface area contributed by atoms with Gasteiger partial charge in [-0.3, -0.25) is 4.79 Å². The van der Waals surface area contributed by atoms with E-state index in [0.29, 0.717) is 5.82 Å². The summed E-state index contributed by atoms with van der Waals surface area (Å²) in [5, 5.41) is 14.1. The topological polar surface area (TPSA) is 66.9 Å². The van der Waals surface area contributed by atoms with Gasteiger partial charge in [-0.2, -0.15) is 0 Å². The molecule has 0 aromatic carbocycles. The summed E-state index contributed by atoms with van der Waals surface area (Å²) in [6.07, 6.45) is 8.52. The van der Waals surface area contributed by atoms with Gasteiger partial charge in [0.25, 0.3) is 0 Å². The van der Waals surface area contributed by atoms with E-state index < -0.39 is 0 Å². The molecule has 0 unspecified atom stereocenters. The average molecular weight is 288 g/mol. The molecule has 1 aliphatic rings. The highest BCUT2D eigenvalue weighted by molar-refractivity contribution is 5.91. The molecule has 1 heterocycles. The van der Waals surface area contributed by atoms with Gasteiger partial charge in [0.05, 0.1) is 0 Å². The Morgan fingerprint density at radius 3 is 2.62 bits per heavy atom. The van der Waals surface area contributed by atoms with E-state index >= 15 is 0 Å². The zero-order chi connectivity index (χ0) is 15.1. The minimum absolute atomic E-state index is 0.0470. The highest BCUT2D eigenvalue weighted by Gasteiger charge is 2.08. The lowest BCUT2D eigenvalue weighted by Gasteiger charge is -2.13. The molecule has 1 aliphatic carbocycles. The maximum atomic E-state index is 11.5. The van der Waals surface area contributed by atoms with Crippen molar-refractivity contribution in [1.82, 2.24) is 10.2 Å². The zero-order valence-electron chi connectivity index (χ0n) is 12.9. The fourth-order valence-electron chi connectivity index (χ4n) is 2.25. The van der Waals surface area contributed by atoms with Gasteiger partial charge in [0.15, 0.2) is 5.82 Å². The summed E-state index contributed by atoms with van der Waals surface area (Å²) < 4.78 is 0. The number of hydrogen-bond acceptors (Lipinski definition) is 4. The molecule has 0 bridgehead atoms. The first-order valence-corrected chi connectivity index (χ1v) is 7.71. The second-order valence-electron chi connectivity index (χ2n) is 5.73. The van der Waals surface area contributed by atoms with Crippen molar-refractivity contribution >= 4 is 17.5 Å². The van der Waals surface area contributed by atoms with Crippen LogP contribution in [0.1, 0.15) is 46.0 Å². The molecule has 21 heavy (non-hydrogen) atoms. The van der Waals surface area contributed by atoms with E-state index in [4.69, 9.17) is 0 Å². The van der Waals surface area contributed by atoms with Crippen molar-refractivity contribution in [3.63, 3.8) is 0 Å². The molecular weight excluding hydrogens is 264 g/mol. The van der Waals surface area contributed by atoms with Gasteiger partial charge in [-0.15, -0.1) is 10.2 Å². The summed E-state index contributed by atoms with van der Waals surface area (Å²) >= 11 is 0. The smallest absolute Gasteiger partial charge is 0.228 e. The maximum Gasteiger partial charge on any atom is 0.228 e. The van der Waals surface area contributed by atoms with Crippen LogP contribution in [0, 0.1) is 5.92 Å².